The fourth-order valence-corrected chi connectivity index (χ4v) is 1.81. The quantitative estimate of drug-likeness (QED) is 0.568. The van der Waals surface area contributed by atoms with Crippen molar-refractivity contribution in [2.45, 2.75) is 32.2 Å². The van der Waals surface area contributed by atoms with Crippen LogP contribution in [0.1, 0.15) is 26.7 Å². The van der Waals surface area contributed by atoms with Gasteiger partial charge < -0.3 is 25.2 Å². The number of amides is 2. The molecule has 1 unspecified atom stereocenters. The molecule has 0 aromatic heterocycles. The van der Waals surface area contributed by atoms with E-state index in [0.29, 0.717) is 32.3 Å². The molecule has 7 heteroatoms. The molecule has 1 rings (SSSR count). The molecule has 3 N–H and O–H groups in total. The van der Waals surface area contributed by atoms with Gasteiger partial charge in [-0.1, -0.05) is 13.8 Å². The van der Waals surface area contributed by atoms with Gasteiger partial charge in [-0.25, -0.2) is 9.59 Å². The molecular weight excluding hydrogens is 264 g/mol. The summed E-state index contributed by atoms with van der Waals surface area (Å²) in [6.07, 6.45) is 1.26. The SMILES string of the molecule is CC(C)CCOCCNC(=O)NC1(C(=O)O)CCOC1. The van der Waals surface area contributed by atoms with Crippen molar-refractivity contribution in [1.82, 2.24) is 10.6 Å². The first-order valence-electron chi connectivity index (χ1n) is 6.91. The molecule has 1 aliphatic heterocycles. The molecule has 0 aromatic rings. The van der Waals surface area contributed by atoms with Gasteiger partial charge in [0.15, 0.2) is 5.54 Å². The van der Waals surface area contributed by atoms with Gasteiger partial charge in [0, 0.05) is 26.2 Å². The van der Waals surface area contributed by atoms with Crippen LogP contribution in [0.3, 0.4) is 0 Å². The highest BCUT2D eigenvalue weighted by Crippen LogP contribution is 2.18. The van der Waals surface area contributed by atoms with E-state index in [0.717, 1.165) is 6.42 Å². The van der Waals surface area contributed by atoms with Crippen molar-refractivity contribution in [2.24, 2.45) is 5.92 Å². The standard InChI is InChI=1S/C13H24N2O5/c1-10(2)3-6-19-8-5-14-12(18)15-13(11(16)17)4-7-20-9-13/h10H,3-9H2,1-2H3,(H,16,17)(H2,14,15,18). The second-order valence-electron chi connectivity index (χ2n) is 5.37. The number of rotatable bonds is 8. The van der Waals surface area contributed by atoms with Crippen LogP contribution in [0.25, 0.3) is 0 Å². The number of hydrogen-bond donors (Lipinski definition) is 3. The molecule has 1 fully saturated rings. The maximum absolute atomic E-state index is 11.7. The van der Waals surface area contributed by atoms with Crippen molar-refractivity contribution in [3.8, 4) is 0 Å². The lowest BCUT2D eigenvalue weighted by Crippen LogP contribution is -2.58. The summed E-state index contributed by atoms with van der Waals surface area (Å²) in [5.74, 6) is -0.484. The highest BCUT2D eigenvalue weighted by Gasteiger charge is 2.43. The Bertz CT molecular complexity index is 327. The minimum absolute atomic E-state index is 0.000637. The molecule has 2 amide bonds. The van der Waals surface area contributed by atoms with E-state index in [1.807, 2.05) is 0 Å². The normalized spacial score (nSPS) is 21.9. The van der Waals surface area contributed by atoms with Crippen LogP contribution in [-0.4, -0.2) is 55.6 Å². The lowest BCUT2D eigenvalue weighted by molar-refractivity contribution is -0.144. The molecule has 0 aliphatic carbocycles. The number of hydrogen-bond acceptors (Lipinski definition) is 4. The highest BCUT2D eigenvalue weighted by atomic mass is 16.5. The van der Waals surface area contributed by atoms with E-state index in [9.17, 15) is 9.59 Å². The Kier molecular flexibility index (Phi) is 6.74. The first-order valence-corrected chi connectivity index (χ1v) is 6.91. The monoisotopic (exact) mass is 288 g/mol. The number of aliphatic carboxylic acids is 1. The van der Waals surface area contributed by atoms with Gasteiger partial charge >= 0.3 is 12.0 Å². The fraction of sp³-hybridized carbons (Fsp3) is 0.846. The average Bonchev–Trinajstić information content (AvgIpc) is 2.83. The molecule has 0 aromatic carbocycles. The second-order valence-corrected chi connectivity index (χ2v) is 5.37. The number of carboxylic acids is 1. The highest BCUT2D eigenvalue weighted by molar-refractivity contribution is 5.86. The molecule has 1 heterocycles. The molecular formula is C13H24N2O5. The summed E-state index contributed by atoms with van der Waals surface area (Å²) in [4.78, 5) is 22.8. The van der Waals surface area contributed by atoms with Crippen LogP contribution in [0.2, 0.25) is 0 Å². The third kappa shape index (κ3) is 5.34. The number of carbonyl (C=O) groups excluding carboxylic acids is 1. The van der Waals surface area contributed by atoms with E-state index in [4.69, 9.17) is 14.6 Å². The van der Waals surface area contributed by atoms with Crippen molar-refractivity contribution in [3.05, 3.63) is 0 Å². The minimum Gasteiger partial charge on any atom is -0.479 e. The van der Waals surface area contributed by atoms with Gasteiger partial charge in [0.2, 0.25) is 0 Å². The largest absolute Gasteiger partial charge is 0.479 e. The zero-order valence-corrected chi connectivity index (χ0v) is 12.1. The molecule has 0 radical (unpaired) electrons. The maximum Gasteiger partial charge on any atom is 0.332 e. The van der Waals surface area contributed by atoms with E-state index in [1.54, 1.807) is 0 Å². The molecule has 20 heavy (non-hydrogen) atoms. The number of urea groups is 1. The van der Waals surface area contributed by atoms with Crippen LogP contribution >= 0.6 is 0 Å². The third-order valence-corrected chi connectivity index (χ3v) is 3.16. The van der Waals surface area contributed by atoms with Crippen LogP contribution in [0.15, 0.2) is 0 Å². The summed E-state index contributed by atoms with van der Waals surface area (Å²) in [5.41, 5.74) is -1.30. The number of carboxylic acid groups (broad SMARTS) is 1. The van der Waals surface area contributed by atoms with Crippen molar-refractivity contribution < 1.29 is 24.2 Å². The lowest BCUT2D eigenvalue weighted by atomic mass is 9.99. The van der Waals surface area contributed by atoms with Gasteiger partial charge in [-0.3, -0.25) is 0 Å². The smallest absolute Gasteiger partial charge is 0.332 e. The molecule has 116 valence electrons. The Morgan fingerprint density at radius 1 is 1.40 bits per heavy atom. The average molecular weight is 288 g/mol. The molecule has 7 nitrogen and oxygen atoms in total. The Hall–Kier alpha value is -1.34. The van der Waals surface area contributed by atoms with Crippen molar-refractivity contribution in [1.29, 1.82) is 0 Å². The minimum atomic E-state index is -1.30. The van der Waals surface area contributed by atoms with Gasteiger partial charge in [0.25, 0.3) is 0 Å². The summed E-state index contributed by atoms with van der Waals surface area (Å²) in [7, 11) is 0. The van der Waals surface area contributed by atoms with Crippen molar-refractivity contribution in [3.63, 3.8) is 0 Å². The molecule has 1 atom stereocenters. The number of carbonyl (C=O) groups is 2. The third-order valence-electron chi connectivity index (χ3n) is 3.16. The molecule has 0 bridgehead atoms. The molecule has 1 aliphatic rings. The van der Waals surface area contributed by atoms with E-state index >= 15 is 0 Å². The van der Waals surface area contributed by atoms with Crippen LogP contribution in [0.5, 0.6) is 0 Å². The Morgan fingerprint density at radius 3 is 2.70 bits per heavy atom. The van der Waals surface area contributed by atoms with E-state index in [1.165, 1.54) is 0 Å². The zero-order chi connectivity index (χ0) is 15.0. The van der Waals surface area contributed by atoms with Gasteiger partial charge in [0.05, 0.1) is 13.2 Å². The molecule has 0 spiro atoms. The van der Waals surface area contributed by atoms with Crippen LogP contribution in [0, 0.1) is 5.92 Å². The molecule has 0 saturated carbocycles. The van der Waals surface area contributed by atoms with Crippen LogP contribution in [0.4, 0.5) is 4.79 Å². The van der Waals surface area contributed by atoms with Crippen molar-refractivity contribution >= 4 is 12.0 Å². The predicted octanol–water partition coefficient (Wildman–Crippen LogP) is 0.592. The first kappa shape index (κ1) is 16.7. The van der Waals surface area contributed by atoms with E-state index < -0.39 is 17.5 Å². The Morgan fingerprint density at radius 2 is 2.15 bits per heavy atom. The summed E-state index contributed by atoms with van der Waals surface area (Å²) < 4.78 is 10.4. The van der Waals surface area contributed by atoms with E-state index in [2.05, 4.69) is 24.5 Å². The van der Waals surface area contributed by atoms with Gasteiger partial charge in [-0.05, 0) is 12.3 Å². The van der Waals surface area contributed by atoms with Crippen LogP contribution in [-0.2, 0) is 14.3 Å². The van der Waals surface area contributed by atoms with Crippen molar-refractivity contribution in [2.75, 3.05) is 33.0 Å². The zero-order valence-electron chi connectivity index (χ0n) is 12.1. The van der Waals surface area contributed by atoms with Crippen LogP contribution < -0.4 is 10.6 Å². The maximum atomic E-state index is 11.7. The summed E-state index contributed by atoms with van der Waals surface area (Å²) in [5, 5.41) is 14.2. The van der Waals surface area contributed by atoms with E-state index in [-0.39, 0.29) is 13.0 Å². The number of ether oxygens (including phenoxy) is 2. The molecule has 1 saturated heterocycles. The predicted molar refractivity (Wildman–Crippen MR) is 72.6 cm³/mol. The Balaban J connectivity index is 2.18. The lowest BCUT2D eigenvalue weighted by Gasteiger charge is -2.23. The van der Waals surface area contributed by atoms with Gasteiger partial charge in [0.1, 0.15) is 0 Å². The Labute approximate surface area is 119 Å². The van der Waals surface area contributed by atoms with Gasteiger partial charge in [-0.2, -0.15) is 0 Å². The summed E-state index contributed by atoms with van der Waals surface area (Å²) in [6.45, 7) is 5.99. The second kappa shape index (κ2) is 8.06. The summed E-state index contributed by atoms with van der Waals surface area (Å²) in [6, 6.07) is -0.509. The van der Waals surface area contributed by atoms with Gasteiger partial charge in [-0.15, -0.1) is 0 Å². The fourth-order valence-electron chi connectivity index (χ4n) is 1.81. The topological polar surface area (TPSA) is 96.9 Å². The first-order chi connectivity index (χ1) is 9.46. The summed E-state index contributed by atoms with van der Waals surface area (Å²) >= 11 is 0. The number of nitrogens with one attached hydrogen (secondary N) is 2.